The summed E-state index contributed by atoms with van der Waals surface area (Å²) in [5.74, 6) is -0.794. The minimum absolute atomic E-state index is 0.184. The number of nitrogens with two attached hydrogens (primary N) is 1. The summed E-state index contributed by atoms with van der Waals surface area (Å²) >= 11 is 0. The number of ether oxygens (including phenoxy) is 2. The van der Waals surface area contributed by atoms with Crippen LogP contribution in [0.1, 0.15) is 10.4 Å². The van der Waals surface area contributed by atoms with Crippen LogP contribution in [-0.4, -0.2) is 43.8 Å². The Hall–Kier alpha value is -2.28. The minimum atomic E-state index is -1.44. The Morgan fingerprint density at radius 2 is 1.84 bits per heavy atom. The number of hydrogen-bond acceptors (Lipinski definition) is 5. The molecular weight excluding hydrogens is 252 g/mol. The van der Waals surface area contributed by atoms with Gasteiger partial charge in [0.15, 0.2) is 0 Å². The van der Waals surface area contributed by atoms with Crippen molar-refractivity contribution in [2.75, 3.05) is 20.8 Å². The zero-order valence-corrected chi connectivity index (χ0v) is 10.7. The van der Waals surface area contributed by atoms with Gasteiger partial charge in [-0.2, -0.15) is 0 Å². The third kappa shape index (κ3) is 3.59. The number of aliphatic hydroxyl groups is 1. The maximum Gasteiger partial charge on any atom is 0.258 e. The molecule has 1 aromatic rings. The quantitative estimate of drug-likeness (QED) is 0.630. The van der Waals surface area contributed by atoms with Gasteiger partial charge < -0.3 is 25.6 Å². The van der Waals surface area contributed by atoms with Gasteiger partial charge in [0.1, 0.15) is 23.2 Å². The summed E-state index contributed by atoms with van der Waals surface area (Å²) in [5.41, 5.74) is 5.07. The molecule has 0 heterocycles. The maximum atomic E-state index is 12.0. The van der Waals surface area contributed by atoms with Crippen LogP contribution in [0.3, 0.4) is 0 Å². The average Bonchev–Trinajstić information content (AvgIpc) is 2.42. The molecule has 1 atom stereocenters. The second kappa shape index (κ2) is 6.60. The fraction of sp³-hybridized carbons (Fsp3) is 0.333. The second-order valence-electron chi connectivity index (χ2n) is 3.67. The van der Waals surface area contributed by atoms with Gasteiger partial charge in [-0.3, -0.25) is 9.59 Å². The van der Waals surface area contributed by atoms with Crippen molar-refractivity contribution in [3.05, 3.63) is 23.8 Å². The SMILES string of the molecule is COc1cccc(OC)c1C(=O)NCC(O)C(N)=O. The predicted octanol–water partition coefficient (Wildman–Crippen LogP) is -0.720. The van der Waals surface area contributed by atoms with Crippen LogP contribution in [0.4, 0.5) is 0 Å². The van der Waals surface area contributed by atoms with E-state index in [1.807, 2.05) is 0 Å². The maximum absolute atomic E-state index is 12.0. The van der Waals surface area contributed by atoms with Crippen LogP contribution in [0.25, 0.3) is 0 Å². The standard InChI is InChI=1S/C12H16N2O5/c1-18-8-4-3-5-9(19-2)10(8)12(17)14-6-7(15)11(13)16/h3-5,7,15H,6H2,1-2H3,(H2,13,16)(H,14,17). The zero-order chi connectivity index (χ0) is 14.4. The Labute approximate surface area is 110 Å². The van der Waals surface area contributed by atoms with Crippen LogP contribution in [0.2, 0.25) is 0 Å². The van der Waals surface area contributed by atoms with Crippen molar-refractivity contribution in [1.82, 2.24) is 5.32 Å². The molecule has 0 fully saturated rings. The monoisotopic (exact) mass is 268 g/mol. The van der Waals surface area contributed by atoms with Gasteiger partial charge >= 0.3 is 0 Å². The lowest BCUT2D eigenvalue weighted by Crippen LogP contribution is -2.40. The fourth-order valence-electron chi connectivity index (χ4n) is 1.45. The number of primary amides is 1. The van der Waals surface area contributed by atoms with Gasteiger partial charge in [-0.15, -0.1) is 0 Å². The number of carbonyl (C=O) groups is 2. The molecule has 0 aliphatic carbocycles. The Morgan fingerprint density at radius 3 is 2.26 bits per heavy atom. The predicted molar refractivity (Wildman–Crippen MR) is 67.1 cm³/mol. The summed E-state index contributed by atoms with van der Waals surface area (Å²) in [4.78, 5) is 22.7. The van der Waals surface area contributed by atoms with Gasteiger partial charge in [-0.1, -0.05) is 6.07 Å². The summed E-state index contributed by atoms with van der Waals surface area (Å²) in [5, 5.41) is 11.6. The molecule has 104 valence electrons. The molecule has 0 aliphatic rings. The Morgan fingerprint density at radius 1 is 1.32 bits per heavy atom. The Kier molecular flexibility index (Phi) is 5.13. The first-order chi connectivity index (χ1) is 9.01. The van der Waals surface area contributed by atoms with Gasteiger partial charge in [0.25, 0.3) is 5.91 Å². The third-order valence-corrected chi connectivity index (χ3v) is 2.44. The number of aliphatic hydroxyl groups excluding tert-OH is 1. The number of benzene rings is 1. The molecule has 1 rings (SSSR count). The lowest BCUT2D eigenvalue weighted by molar-refractivity contribution is -0.125. The van der Waals surface area contributed by atoms with Crippen LogP contribution < -0.4 is 20.5 Å². The van der Waals surface area contributed by atoms with E-state index >= 15 is 0 Å². The molecule has 0 saturated carbocycles. The lowest BCUT2D eigenvalue weighted by Gasteiger charge is -2.13. The highest BCUT2D eigenvalue weighted by Crippen LogP contribution is 2.27. The van der Waals surface area contributed by atoms with Crippen molar-refractivity contribution in [3.8, 4) is 11.5 Å². The fourth-order valence-corrected chi connectivity index (χ4v) is 1.45. The molecule has 1 aromatic carbocycles. The lowest BCUT2D eigenvalue weighted by atomic mass is 10.1. The molecule has 0 aliphatic heterocycles. The number of rotatable bonds is 6. The van der Waals surface area contributed by atoms with Crippen molar-refractivity contribution in [1.29, 1.82) is 0 Å². The Balaban J connectivity index is 2.89. The van der Waals surface area contributed by atoms with Gasteiger partial charge in [-0.05, 0) is 12.1 Å². The molecule has 0 saturated heterocycles. The first-order valence-corrected chi connectivity index (χ1v) is 5.47. The van der Waals surface area contributed by atoms with Crippen LogP contribution in [0.15, 0.2) is 18.2 Å². The van der Waals surface area contributed by atoms with E-state index in [2.05, 4.69) is 5.32 Å². The van der Waals surface area contributed by atoms with Crippen LogP contribution in [0.5, 0.6) is 11.5 Å². The number of carbonyl (C=O) groups excluding carboxylic acids is 2. The summed E-state index contributed by atoms with van der Waals surface area (Å²) in [6, 6.07) is 4.87. The van der Waals surface area contributed by atoms with Crippen molar-refractivity contribution in [3.63, 3.8) is 0 Å². The first-order valence-electron chi connectivity index (χ1n) is 5.47. The van der Waals surface area contributed by atoms with E-state index in [-0.39, 0.29) is 12.1 Å². The third-order valence-electron chi connectivity index (χ3n) is 2.44. The highest BCUT2D eigenvalue weighted by atomic mass is 16.5. The smallest absolute Gasteiger partial charge is 0.258 e. The largest absolute Gasteiger partial charge is 0.496 e. The molecule has 0 spiro atoms. The summed E-state index contributed by atoms with van der Waals surface area (Å²) < 4.78 is 10.1. The molecule has 1 unspecified atom stereocenters. The van der Waals surface area contributed by atoms with Gasteiger partial charge in [0.05, 0.1) is 20.8 Å². The van der Waals surface area contributed by atoms with Crippen molar-refractivity contribution in [2.24, 2.45) is 5.73 Å². The highest BCUT2D eigenvalue weighted by molar-refractivity contribution is 6.00. The van der Waals surface area contributed by atoms with Crippen molar-refractivity contribution in [2.45, 2.75) is 6.10 Å². The second-order valence-corrected chi connectivity index (χ2v) is 3.67. The number of nitrogens with one attached hydrogen (secondary N) is 1. The molecule has 4 N–H and O–H groups in total. The van der Waals surface area contributed by atoms with E-state index in [4.69, 9.17) is 15.2 Å². The molecule has 7 nitrogen and oxygen atoms in total. The van der Waals surface area contributed by atoms with Crippen LogP contribution in [0, 0.1) is 0 Å². The molecule has 7 heteroatoms. The zero-order valence-electron chi connectivity index (χ0n) is 10.7. The van der Waals surface area contributed by atoms with Gasteiger partial charge in [0, 0.05) is 0 Å². The number of amides is 2. The molecule has 2 amide bonds. The average molecular weight is 268 g/mol. The minimum Gasteiger partial charge on any atom is -0.496 e. The summed E-state index contributed by atoms with van der Waals surface area (Å²) in [6.45, 7) is -0.282. The molecule has 0 aromatic heterocycles. The summed E-state index contributed by atoms with van der Waals surface area (Å²) in [6.07, 6.45) is -1.44. The number of methoxy groups -OCH3 is 2. The molecule has 19 heavy (non-hydrogen) atoms. The van der Waals surface area contributed by atoms with Crippen LogP contribution >= 0.6 is 0 Å². The van der Waals surface area contributed by atoms with E-state index in [0.29, 0.717) is 11.5 Å². The number of hydrogen-bond donors (Lipinski definition) is 3. The van der Waals surface area contributed by atoms with E-state index in [0.717, 1.165) is 0 Å². The van der Waals surface area contributed by atoms with E-state index in [1.165, 1.54) is 14.2 Å². The molecular formula is C12H16N2O5. The summed E-state index contributed by atoms with van der Waals surface area (Å²) in [7, 11) is 2.84. The van der Waals surface area contributed by atoms with Crippen molar-refractivity contribution < 1.29 is 24.2 Å². The van der Waals surface area contributed by atoms with Gasteiger partial charge in [0.2, 0.25) is 5.91 Å². The highest BCUT2D eigenvalue weighted by Gasteiger charge is 2.19. The normalized spacial score (nSPS) is 11.5. The van der Waals surface area contributed by atoms with E-state index < -0.39 is 17.9 Å². The van der Waals surface area contributed by atoms with E-state index in [9.17, 15) is 14.7 Å². The first kappa shape index (κ1) is 14.8. The molecule has 0 radical (unpaired) electrons. The molecule has 0 bridgehead atoms. The van der Waals surface area contributed by atoms with Crippen molar-refractivity contribution >= 4 is 11.8 Å². The Bertz CT molecular complexity index is 453. The van der Waals surface area contributed by atoms with Gasteiger partial charge in [-0.25, -0.2) is 0 Å². The topological polar surface area (TPSA) is 111 Å². The van der Waals surface area contributed by atoms with Crippen LogP contribution in [-0.2, 0) is 4.79 Å². The van der Waals surface area contributed by atoms with E-state index in [1.54, 1.807) is 18.2 Å².